The molecular weight excluding hydrogens is 432 g/mol. The SMILES string of the molecule is C=CCC1(C(=O)O)CN(C(=O)C(NC(=O)OCC2c3ccccc3-c3ccccc32)C2CC2)C1. The quantitative estimate of drug-likeness (QED) is 0.585. The molecule has 1 saturated carbocycles. The summed E-state index contributed by atoms with van der Waals surface area (Å²) in [5, 5.41) is 12.3. The van der Waals surface area contributed by atoms with Gasteiger partial charge in [-0.3, -0.25) is 9.59 Å². The molecule has 2 N–H and O–H groups in total. The van der Waals surface area contributed by atoms with Crippen molar-refractivity contribution in [1.29, 1.82) is 0 Å². The van der Waals surface area contributed by atoms with Crippen LogP contribution in [-0.4, -0.2) is 53.7 Å². The summed E-state index contributed by atoms with van der Waals surface area (Å²) in [6, 6.07) is 15.5. The maximum atomic E-state index is 13.1. The first kappa shape index (κ1) is 22.2. The molecule has 1 atom stereocenters. The molecule has 5 rings (SSSR count). The van der Waals surface area contributed by atoms with Crippen LogP contribution >= 0.6 is 0 Å². The van der Waals surface area contributed by atoms with Gasteiger partial charge in [0.05, 0.1) is 0 Å². The van der Waals surface area contributed by atoms with E-state index < -0.39 is 23.5 Å². The van der Waals surface area contributed by atoms with Crippen LogP contribution in [0.3, 0.4) is 0 Å². The fourth-order valence-electron chi connectivity index (χ4n) is 5.24. The van der Waals surface area contributed by atoms with Gasteiger partial charge in [0.15, 0.2) is 0 Å². The van der Waals surface area contributed by atoms with E-state index in [9.17, 15) is 19.5 Å². The fourth-order valence-corrected chi connectivity index (χ4v) is 5.24. The van der Waals surface area contributed by atoms with E-state index in [4.69, 9.17) is 4.74 Å². The number of carboxylic acid groups (broad SMARTS) is 1. The number of fused-ring (bicyclic) bond motifs is 3. The van der Waals surface area contributed by atoms with Gasteiger partial charge in [0.1, 0.15) is 18.1 Å². The summed E-state index contributed by atoms with van der Waals surface area (Å²) >= 11 is 0. The lowest BCUT2D eigenvalue weighted by atomic mass is 9.76. The molecule has 0 spiro atoms. The van der Waals surface area contributed by atoms with Crippen molar-refractivity contribution in [3.05, 3.63) is 72.3 Å². The summed E-state index contributed by atoms with van der Waals surface area (Å²) in [5.74, 6) is -1.16. The van der Waals surface area contributed by atoms with E-state index in [1.165, 1.54) is 4.90 Å². The number of hydrogen-bond donors (Lipinski definition) is 2. The molecule has 2 aromatic carbocycles. The minimum atomic E-state index is -0.977. The van der Waals surface area contributed by atoms with E-state index in [1.54, 1.807) is 6.08 Å². The average molecular weight is 461 g/mol. The summed E-state index contributed by atoms with van der Waals surface area (Å²) < 4.78 is 5.62. The molecule has 2 aliphatic carbocycles. The zero-order valence-corrected chi connectivity index (χ0v) is 18.9. The molecule has 3 aliphatic rings. The zero-order valence-electron chi connectivity index (χ0n) is 18.9. The number of benzene rings is 2. The normalized spacial score (nSPS) is 18.8. The van der Waals surface area contributed by atoms with Gasteiger partial charge in [0.2, 0.25) is 5.91 Å². The number of likely N-dealkylation sites (tertiary alicyclic amines) is 1. The highest BCUT2D eigenvalue weighted by atomic mass is 16.5. The number of nitrogens with zero attached hydrogens (tertiary/aromatic N) is 1. The first-order chi connectivity index (χ1) is 16.4. The van der Waals surface area contributed by atoms with Crippen molar-refractivity contribution in [2.24, 2.45) is 11.3 Å². The van der Waals surface area contributed by atoms with Crippen molar-refractivity contribution in [3.63, 3.8) is 0 Å². The van der Waals surface area contributed by atoms with Crippen LogP contribution in [-0.2, 0) is 14.3 Å². The number of rotatable bonds is 8. The van der Waals surface area contributed by atoms with E-state index in [2.05, 4.69) is 36.2 Å². The number of alkyl carbamates (subject to hydrolysis) is 1. The molecule has 1 unspecified atom stereocenters. The summed E-state index contributed by atoms with van der Waals surface area (Å²) in [7, 11) is 0. The number of amides is 2. The van der Waals surface area contributed by atoms with Crippen molar-refractivity contribution in [1.82, 2.24) is 10.2 Å². The number of hydrogen-bond acceptors (Lipinski definition) is 4. The zero-order chi connectivity index (χ0) is 23.9. The highest BCUT2D eigenvalue weighted by Crippen LogP contribution is 2.44. The second-order valence-corrected chi connectivity index (χ2v) is 9.56. The molecule has 7 nitrogen and oxygen atoms in total. The van der Waals surface area contributed by atoms with Crippen LogP contribution in [0, 0.1) is 11.3 Å². The molecule has 0 aromatic heterocycles. The third-order valence-electron chi connectivity index (χ3n) is 7.26. The van der Waals surface area contributed by atoms with Crippen molar-refractivity contribution in [3.8, 4) is 11.1 Å². The Bertz CT molecular complexity index is 1100. The van der Waals surface area contributed by atoms with Crippen molar-refractivity contribution in [2.75, 3.05) is 19.7 Å². The van der Waals surface area contributed by atoms with Crippen LogP contribution in [0.25, 0.3) is 11.1 Å². The third-order valence-corrected chi connectivity index (χ3v) is 7.26. The lowest BCUT2D eigenvalue weighted by molar-refractivity contribution is -0.166. The number of allylic oxidation sites excluding steroid dienone is 1. The molecule has 34 heavy (non-hydrogen) atoms. The Balaban J connectivity index is 1.22. The summed E-state index contributed by atoms with van der Waals surface area (Å²) in [4.78, 5) is 39.0. The second kappa shape index (κ2) is 8.63. The maximum Gasteiger partial charge on any atom is 0.407 e. The van der Waals surface area contributed by atoms with Gasteiger partial charge in [-0.15, -0.1) is 6.58 Å². The van der Waals surface area contributed by atoms with Gasteiger partial charge in [0, 0.05) is 19.0 Å². The van der Waals surface area contributed by atoms with Crippen LogP contribution in [0.4, 0.5) is 4.79 Å². The van der Waals surface area contributed by atoms with Gasteiger partial charge in [-0.2, -0.15) is 0 Å². The van der Waals surface area contributed by atoms with Gasteiger partial charge in [-0.1, -0.05) is 54.6 Å². The number of ether oxygens (including phenoxy) is 1. The largest absolute Gasteiger partial charge is 0.481 e. The summed E-state index contributed by atoms with van der Waals surface area (Å²) in [5.41, 5.74) is 3.57. The Morgan fingerprint density at radius 1 is 1.09 bits per heavy atom. The highest BCUT2D eigenvalue weighted by molar-refractivity contribution is 5.89. The van der Waals surface area contributed by atoms with Crippen LogP contribution in [0.1, 0.15) is 36.3 Å². The molecule has 2 fully saturated rings. The van der Waals surface area contributed by atoms with Gasteiger partial charge < -0.3 is 20.1 Å². The molecule has 0 bridgehead atoms. The highest BCUT2D eigenvalue weighted by Gasteiger charge is 2.53. The Hall–Kier alpha value is -3.61. The Morgan fingerprint density at radius 3 is 2.21 bits per heavy atom. The fraction of sp³-hybridized carbons (Fsp3) is 0.370. The number of carbonyl (C=O) groups is 3. The smallest absolute Gasteiger partial charge is 0.407 e. The third kappa shape index (κ3) is 3.85. The minimum absolute atomic E-state index is 0.0568. The maximum absolute atomic E-state index is 13.1. The molecule has 0 radical (unpaired) electrons. The van der Waals surface area contributed by atoms with E-state index in [0.29, 0.717) is 6.42 Å². The lowest BCUT2D eigenvalue weighted by Gasteiger charge is -2.47. The first-order valence-electron chi connectivity index (χ1n) is 11.7. The predicted molar refractivity (Wildman–Crippen MR) is 126 cm³/mol. The molecule has 2 amide bonds. The van der Waals surface area contributed by atoms with Crippen LogP contribution in [0.5, 0.6) is 0 Å². The van der Waals surface area contributed by atoms with Crippen molar-refractivity contribution in [2.45, 2.75) is 31.2 Å². The van der Waals surface area contributed by atoms with E-state index in [1.807, 2.05) is 24.3 Å². The molecular formula is C27H28N2O5. The van der Waals surface area contributed by atoms with E-state index in [-0.39, 0.29) is 37.4 Å². The van der Waals surface area contributed by atoms with Crippen LogP contribution < -0.4 is 5.32 Å². The number of aliphatic carboxylic acids is 1. The predicted octanol–water partition coefficient (Wildman–Crippen LogP) is 3.79. The Kier molecular flexibility index (Phi) is 5.63. The molecule has 2 aromatic rings. The van der Waals surface area contributed by atoms with Crippen LogP contribution in [0.2, 0.25) is 0 Å². The van der Waals surface area contributed by atoms with Crippen molar-refractivity contribution >= 4 is 18.0 Å². The summed E-state index contributed by atoms with van der Waals surface area (Å²) in [6.07, 6.45) is 2.96. The van der Waals surface area contributed by atoms with Gasteiger partial charge in [-0.25, -0.2) is 4.79 Å². The minimum Gasteiger partial charge on any atom is -0.481 e. The van der Waals surface area contributed by atoms with E-state index >= 15 is 0 Å². The number of carbonyl (C=O) groups excluding carboxylic acids is 2. The molecule has 7 heteroatoms. The monoisotopic (exact) mass is 460 g/mol. The first-order valence-corrected chi connectivity index (χ1v) is 11.7. The Labute approximate surface area is 198 Å². The standard InChI is InChI=1S/C27H28N2O5/c1-2-13-27(25(31)32)15-29(16-27)24(30)23(17-11-12-17)28-26(33)34-14-22-20-9-5-3-7-18(20)19-8-4-6-10-21(19)22/h2-10,17,22-23H,1,11-16H2,(H,28,33)(H,31,32). The van der Waals surface area contributed by atoms with E-state index in [0.717, 1.165) is 35.1 Å². The molecule has 1 aliphatic heterocycles. The average Bonchev–Trinajstić information content (AvgIpc) is 3.60. The Morgan fingerprint density at radius 2 is 1.68 bits per heavy atom. The second-order valence-electron chi connectivity index (χ2n) is 9.56. The van der Waals surface area contributed by atoms with Crippen molar-refractivity contribution < 1.29 is 24.2 Å². The van der Waals surface area contributed by atoms with Gasteiger partial charge in [-0.05, 0) is 47.4 Å². The molecule has 1 saturated heterocycles. The number of carboxylic acids is 1. The topological polar surface area (TPSA) is 95.9 Å². The molecule has 176 valence electrons. The molecule has 1 heterocycles. The van der Waals surface area contributed by atoms with Crippen LogP contribution in [0.15, 0.2) is 61.2 Å². The number of nitrogens with one attached hydrogen (secondary N) is 1. The summed E-state index contributed by atoms with van der Waals surface area (Å²) in [6.45, 7) is 4.07. The van der Waals surface area contributed by atoms with Gasteiger partial charge >= 0.3 is 12.1 Å². The van der Waals surface area contributed by atoms with Gasteiger partial charge in [0.25, 0.3) is 0 Å². The lowest BCUT2D eigenvalue weighted by Crippen LogP contribution is -2.65.